The minimum absolute atomic E-state index is 0.0642. The van der Waals surface area contributed by atoms with E-state index in [0.29, 0.717) is 23.2 Å². The standard InChI is InChI=1S/C22H31ClN4O2/c1-29-16-17-9-12-25(13-17)15-19-21(24-20-8-7-18(23)14-27(19)20)22(28)26-10-5-3-2-4-6-11-26/h7-8,14,17H,2-6,9-13,15-16H2,1H3/t17-/m1/s1. The number of ether oxygens (including phenoxy) is 1. The molecular formula is C22H31ClN4O2. The Kier molecular flexibility index (Phi) is 6.73. The van der Waals surface area contributed by atoms with E-state index in [1.807, 2.05) is 27.6 Å². The number of carbonyl (C=O) groups is 1. The summed E-state index contributed by atoms with van der Waals surface area (Å²) in [6.07, 6.45) is 8.83. The normalized spacial score (nSPS) is 21.4. The fourth-order valence-corrected chi connectivity index (χ4v) is 4.79. The summed E-state index contributed by atoms with van der Waals surface area (Å²) in [4.78, 5) is 22.6. The average Bonchev–Trinajstić information content (AvgIpc) is 3.26. The van der Waals surface area contributed by atoms with Gasteiger partial charge >= 0.3 is 0 Å². The lowest BCUT2D eigenvalue weighted by Gasteiger charge is -2.25. The summed E-state index contributed by atoms with van der Waals surface area (Å²) in [5, 5.41) is 0.653. The Hall–Kier alpha value is -1.63. The number of halogens is 1. The third kappa shape index (κ3) is 4.76. The van der Waals surface area contributed by atoms with E-state index in [-0.39, 0.29) is 5.91 Å². The van der Waals surface area contributed by atoms with Gasteiger partial charge in [0.2, 0.25) is 0 Å². The van der Waals surface area contributed by atoms with Crippen molar-refractivity contribution in [2.45, 2.75) is 45.1 Å². The van der Waals surface area contributed by atoms with Gasteiger partial charge in [0.25, 0.3) is 5.91 Å². The molecule has 0 N–H and O–H groups in total. The van der Waals surface area contributed by atoms with Crippen molar-refractivity contribution in [3.05, 3.63) is 34.7 Å². The van der Waals surface area contributed by atoms with Crippen molar-refractivity contribution in [1.29, 1.82) is 0 Å². The molecule has 2 aromatic rings. The van der Waals surface area contributed by atoms with Crippen LogP contribution in [0.1, 0.15) is 54.7 Å². The molecule has 0 spiro atoms. The summed E-state index contributed by atoms with van der Waals surface area (Å²) in [7, 11) is 1.76. The molecule has 1 atom stereocenters. The van der Waals surface area contributed by atoms with Crippen LogP contribution in [0, 0.1) is 5.92 Å². The molecule has 158 valence electrons. The summed E-state index contributed by atoms with van der Waals surface area (Å²) < 4.78 is 7.34. The minimum Gasteiger partial charge on any atom is -0.384 e. The second kappa shape index (κ2) is 9.45. The van der Waals surface area contributed by atoms with Crippen LogP contribution in [0.4, 0.5) is 0 Å². The van der Waals surface area contributed by atoms with Gasteiger partial charge in [0.15, 0.2) is 5.69 Å². The second-order valence-electron chi connectivity index (χ2n) is 8.39. The highest BCUT2D eigenvalue weighted by molar-refractivity contribution is 6.30. The molecule has 2 aliphatic rings. The van der Waals surface area contributed by atoms with Crippen LogP contribution in [-0.2, 0) is 11.3 Å². The predicted octanol–water partition coefficient (Wildman–Crippen LogP) is 3.86. The van der Waals surface area contributed by atoms with Crippen molar-refractivity contribution in [1.82, 2.24) is 19.2 Å². The Balaban J connectivity index is 1.62. The largest absolute Gasteiger partial charge is 0.384 e. The first-order chi connectivity index (χ1) is 14.2. The van der Waals surface area contributed by atoms with Crippen LogP contribution >= 0.6 is 11.6 Å². The predicted molar refractivity (Wildman–Crippen MR) is 114 cm³/mol. The first-order valence-corrected chi connectivity index (χ1v) is 11.2. The number of rotatable bonds is 5. The third-order valence-corrected chi connectivity index (χ3v) is 6.40. The smallest absolute Gasteiger partial charge is 0.274 e. The van der Waals surface area contributed by atoms with Crippen molar-refractivity contribution in [2.75, 3.05) is 39.9 Å². The van der Waals surface area contributed by atoms with Crippen molar-refractivity contribution < 1.29 is 9.53 Å². The maximum absolute atomic E-state index is 13.5. The van der Waals surface area contributed by atoms with Crippen LogP contribution in [0.15, 0.2) is 18.3 Å². The Labute approximate surface area is 177 Å². The summed E-state index contributed by atoms with van der Waals surface area (Å²) in [5.74, 6) is 0.616. The number of methoxy groups -OCH3 is 1. The van der Waals surface area contributed by atoms with Crippen LogP contribution in [0.2, 0.25) is 5.02 Å². The number of hydrogen-bond donors (Lipinski definition) is 0. The molecular weight excluding hydrogens is 388 g/mol. The van der Waals surface area contributed by atoms with Gasteiger partial charge in [0.05, 0.1) is 17.3 Å². The number of carbonyl (C=O) groups excluding carboxylic acids is 1. The molecule has 0 radical (unpaired) electrons. The summed E-state index contributed by atoms with van der Waals surface area (Å²) >= 11 is 6.27. The topological polar surface area (TPSA) is 50.1 Å². The fraction of sp³-hybridized carbons (Fsp3) is 0.636. The molecule has 6 nitrogen and oxygen atoms in total. The van der Waals surface area contributed by atoms with Crippen LogP contribution in [0.5, 0.6) is 0 Å². The van der Waals surface area contributed by atoms with E-state index in [2.05, 4.69) is 4.90 Å². The lowest BCUT2D eigenvalue weighted by molar-refractivity contribution is 0.0734. The van der Waals surface area contributed by atoms with Gasteiger partial charge in [0.1, 0.15) is 5.65 Å². The average molecular weight is 419 g/mol. The SMILES string of the molecule is COC[C@@H]1CCN(Cc2c(C(=O)N3CCCCCCC3)nc3ccc(Cl)cn23)C1. The zero-order valence-electron chi connectivity index (χ0n) is 17.3. The number of aromatic nitrogens is 2. The highest BCUT2D eigenvalue weighted by Crippen LogP contribution is 2.24. The van der Waals surface area contributed by atoms with Crippen LogP contribution in [0.3, 0.4) is 0 Å². The minimum atomic E-state index is 0.0642. The van der Waals surface area contributed by atoms with Gasteiger partial charge in [-0.15, -0.1) is 0 Å². The third-order valence-electron chi connectivity index (χ3n) is 6.17. The molecule has 7 heteroatoms. The zero-order valence-corrected chi connectivity index (χ0v) is 18.0. The Morgan fingerprint density at radius 1 is 1.17 bits per heavy atom. The lowest BCUT2D eigenvalue weighted by Crippen LogP contribution is -2.35. The number of pyridine rings is 1. The van der Waals surface area contributed by atoms with E-state index >= 15 is 0 Å². The summed E-state index contributed by atoms with van der Waals surface area (Å²) in [6.45, 7) is 5.14. The van der Waals surface area contributed by atoms with Gasteiger partial charge in [-0.1, -0.05) is 30.9 Å². The first-order valence-electron chi connectivity index (χ1n) is 10.8. The van der Waals surface area contributed by atoms with Crippen molar-refractivity contribution >= 4 is 23.2 Å². The number of imidazole rings is 1. The second-order valence-corrected chi connectivity index (χ2v) is 8.82. The van der Waals surface area contributed by atoms with Crippen LogP contribution in [-0.4, -0.2) is 65.0 Å². The zero-order chi connectivity index (χ0) is 20.2. The number of likely N-dealkylation sites (tertiary alicyclic amines) is 2. The van der Waals surface area contributed by atoms with Crippen molar-refractivity contribution in [2.24, 2.45) is 5.92 Å². The molecule has 2 saturated heterocycles. The number of hydrogen-bond acceptors (Lipinski definition) is 4. The molecule has 2 fully saturated rings. The molecule has 0 aliphatic carbocycles. The van der Waals surface area contributed by atoms with E-state index in [9.17, 15) is 4.79 Å². The molecule has 0 unspecified atom stereocenters. The van der Waals surface area contributed by atoms with Crippen molar-refractivity contribution in [3.63, 3.8) is 0 Å². The molecule has 4 rings (SSSR count). The molecule has 4 heterocycles. The molecule has 0 saturated carbocycles. The van der Waals surface area contributed by atoms with Gasteiger partial charge in [-0.2, -0.15) is 0 Å². The van der Waals surface area contributed by atoms with E-state index in [4.69, 9.17) is 21.3 Å². The number of fused-ring (bicyclic) bond motifs is 1. The molecule has 1 amide bonds. The van der Waals surface area contributed by atoms with Gasteiger partial charge < -0.3 is 14.0 Å². The van der Waals surface area contributed by atoms with Crippen LogP contribution < -0.4 is 0 Å². The molecule has 0 aromatic carbocycles. The quantitative estimate of drug-likeness (QED) is 0.739. The van der Waals surface area contributed by atoms with Gasteiger partial charge in [-0.25, -0.2) is 4.98 Å². The Bertz CT molecular complexity index is 845. The van der Waals surface area contributed by atoms with Gasteiger partial charge in [0, 0.05) is 39.5 Å². The molecule has 2 aliphatic heterocycles. The van der Waals surface area contributed by atoms with E-state index in [1.165, 1.54) is 19.3 Å². The molecule has 29 heavy (non-hydrogen) atoms. The molecule has 2 aromatic heterocycles. The van der Waals surface area contributed by atoms with E-state index in [1.54, 1.807) is 7.11 Å². The number of amides is 1. The molecule has 0 bridgehead atoms. The van der Waals surface area contributed by atoms with Crippen LogP contribution in [0.25, 0.3) is 5.65 Å². The van der Waals surface area contributed by atoms with Gasteiger partial charge in [-0.3, -0.25) is 9.69 Å². The van der Waals surface area contributed by atoms with Gasteiger partial charge in [-0.05, 0) is 43.9 Å². The Morgan fingerprint density at radius 3 is 2.69 bits per heavy atom. The monoisotopic (exact) mass is 418 g/mol. The van der Waals surface area contributed by atoms with E-state index < -0.39 is 0 Å². The maximum atomic E-state index is 13.5. The lowest BCUT2D eigenvalue weighted by atomic mass is 10.1. The summed E-state index contributed by atoms with van der Waals surface area (Å²) in [6, 6.07) is 3.73. The highest BCUT2D eigenvalue weighted by Gasteiger charge is 2.28. The van der Waals surface area contributed by atoms with Crippen molar-refractivity contribution in [3.8, 4) is 0 Å². The first kappa shape index (κ1) is 20.6. The fourth-order valence-electron chi connectivity index (χ4n) is 4.63. The highest BCUT2D eigenvalue weighted by atomic mass is 35.5. The summed E-state index contributed by atoms with van der Waals surface area (Å²) in [5.41, 5.74) is 2.32. The Morgan fingerprint density at radius 2 is 1.93 bits per heavy atom. The maximum Gasteiger partial charge on any atom is 0.274 e. The van der Waals surface area contributed by atoms with E-state index in [0.717, 1.165) is 63.4 Å². The number of nitrogens with zero attached hydrogens (tertiary/aromatic N) is 4.